The molecule has 0 aliphatic heterocycles. The number of halogens is 1. The molecule has 8 heteroatoms. The molecule has 0 radical (unpaired) electrons. The minimum absolute atomic E-state index is 0.209. The van der Waals surface area contributed by atoms with Crippen LogP contribution in [-0.4, -0.2) is 29.0 Å². The standard InChI is InChI=1S/C7H5FN4O2S/c8-15(13,14)6-3-1-2-5(4-6)7-9-11-12-10-7/h1-4H,(H,9,10,11,12). The van der Waals surface area contributed by atoms with Gasteiger partial charge in [0.05, 0.1) is 4.90 Å². The van der Waals surface area contributed by atoms with Crippen LogP contribution in [0.2, 0.25) is 0 Å². The predicted octanol–water partition coefficient (Wildman–Crippen LogP) is 0.525. The number of benzene rings is 1. The van der Waals surface area contributed by atoms with Crippen LogP contribution in [0.4, 0.5) is 3.89 Å². The first kappa shape index (κ1) is 9.71. The molecule has 0 amide bonds. The van der Waals surface area contributed by atoms with Crippen LogP contribution in [-0.2, 0) is 10.2 Å². The Morgan fingerprint density at radius 3 is 2.73 bits per heavy atom. The summed E-state index contributed by atoms with van der Waals surface area (Å²) in [5, 5.41) is 12.8. The van der Waals surface area contributed by atoms with Crippen LogP contribution >= 0.6 is 0 Å². The number of nitrogens with one attached hydrogen (secondary N) is 1. The lowest BCUT2D eigenvalue weighted by atomic mass is 10.2. The maximum Gasteiger partial charge on any atom is 0.332 e. The number of aromatic amines is 1. The molecule has 0 saturated heterocycles. The molecule has 0 fully saturated rings. The van der Waals surface area contributed by atoms with Gasteiger partial charge in [0.2, 0.25) is 5.82 Å². The number of rotatable bonds is 2. The van der Waals surface area contributed by atoms with Gasteiger partial charge in [-0.25, -0.2) is 0 Å². The second kappa shape index (κ2) is 3.39. The van der Waals surface area contributed by atoms with Crippen LogP contribution < -0.4 is 0 Å². The van der Waals surface area contributed by atoms with Gasteiger partial charge in [0.15, 0.2) is 0 Å². The van der Waals surface area contributed by atoms with Crippen molar-refractivity contribution in [2.75, 3.05) is 0 Å². The number of nitrogens with zero attached hydrogens (tertiary/aromatic N) is 3. The highest BCUT2D eigenvalue weighted by Gasteiger charge is 2.13. The van der Waals surface area contributed by atoms with Crippen molar-refractivity contribution in [1.29, 1.82) is 0 Å². The smallest absolute Gasteiger partial charge is 0.189 e. The molecular formula is C7H5FN4O2S. The molecule has 0 bridgehead atoms. The average Bonchev–Trinajstić information content (AvgIpc) is 2.69. The van der Waals surface area contributed by atoms with E-state index < -0.39 is 15.1 Å². The average molecular weight is 228 g/mol. The molecule has 0 unspecified atom stereocenters. The van der Waals surface area contributed by atoms with E-state index in [1.54, 1.807) is 6.07 Å². The van der Waals surface area contributed by atoms with Crippen LogP contribution in [0.3, 0.4) is 0 Å². The zero-order valence-corrected chi connectivity index (χ0v) is 8.07. The third-order valence-electron chi connectivity index (χ3n) is 1.72. The molecule has 1 heterocycles. The highest BCUT2D eigenvalue weighted by molar-refractivity contribution is 7.86. The predicted molar refractivity (Wildman–Crippen MR) is 47.9 cm³/mol. The van der Waals surface area contributed by atoms with Gasteiger partial charge < -0.3 is 0 Å². The molecule has 1 N–H and O–H groups in total. The summed E-state index contributed by atoms with van der Waals surface area (Å²) in [6, 6.07) is 5.25. The Kier molecular flexibility index (Phi) is 2.19. The van der Waals surface area contributed by atoms with Crippen molar-refractivity contribution in [3.63, 3.8) is 0 Å². The first-order valence-corrected chi connectivity index (χ1v) is 5.24. The van der Waals surface area contributed by atoms with Gasteiger partial charge in [-0.15, -0.1) is 14.1 Å². The van der Waals surface area contributed by atoms with E-state index >= 15 is 0 Å². The lowest BCUT2D eigenvalue weighted by molar-refractivity contribution is 0.552. The molecular weight excluding hydrogens is 223 g/mol. The Balaban J connectivity index is 2.53. The highest BCUT2D eigenvalue weighted by Crippen LogP contribution is 2.19. The molecule has 1 aromatic carbocycles. The molecule has 1 aromatic heterocycles. The molecule has 2 rings (SSSR count). The van der Waals surface area contributed by atoms with Crippen molar-refractivity contribution in [3.8, 4) is 11.4 Å². The third-order valence-corrected chi connectivity index (χ3v) is 2.54. The fourth-order valence-corrected chi connectivity index (χ4v) is 1.58. The molecule has 0 aliphatic rings. The first-order chi connectivity index (χ1) is 7.07. The highest BCUT2D eigenvalue weighted by atomic mass is 32.3. The van der Waals surface area contributed by atoms with Crippen LogP contribution in [0, 0.1) is 0 Å². The minimum atomic E-state index is -4.70. The SMILES string of the molecule is O=S(=O)(F)c1cccc(-c2nn[nH]n2)c1. The largest absolute Gasteiger partial charge is 0.332 e. The van der Waals surface area contributed by atoms with Crippen LogP contribution in [0.25, 0.3) is 11.4 Å². The van der Waals surface area contributed by atoms with E-state index in [-0.39, 0.29) is 5.82 Å². The van der Waals surface area contributed by atoms with Crippen molar-refractivity contribution >= 4 is 10.2 Å². The molecule has 0 aliphatic carbocycles. The van der Waals surface area contributed by atoms with Gasteiger partial charge in [0.25, 0.3) is 0 Å². The van der Waals surface area contributed by atoms with Gasteiger partial charge in [-0.2, -0.15) is 13.6 Å². The van der Waals surface area contributed by atoms with E-state index in [4.69, 9.17) is 0 Å². The quantitative estimate of drug-likeness (QED) is 0.757. The second-order valence-corrected chi connectivity index (χ2v) is 4.05. The zero-order chi connectivity index (χ0) is 10.9. The van der Waals surface area contributed by atoms with E-state index in [2.05, 4.69) is 20.6 Å². The van der Waals surface area contributed by atoms with Crippen LogP contribution in [0.1, 0.15) is 0 Å². The summed E-state index contributed by atoms with van der Waals surface area (Å²) in [5.41, 5.74) is 0.377. The van der Waals surface area contributed by atoms with Gasteiger partial charge in [-0.05, 0) is 17.3 Å². The number of hydrogen-bond donors (Lipinski definition) is 1. The van der Waals surface area contributed by atoms with Crippen molar-refractivity contribution in [3.05, 3.63) is 24.3 Å². The fourth-order valence-electron chi connectivity index (χ4n) is 1.07. The third kappa shape index (κ3) is 1.99. The van der Waals surface area contributed by atoms with Gasteiger partial charge in [-0.3, -0.25) is 0 Å². The summed E-state index contributed by atoms with van der Waals surface area (Å²) >= 11 is 0. The van der Waals surface area contributed by atoms with Gasteiger partial charge >= 0.3 is 10.2 Å². The molecule has 6 nitrogen and oxygen atoms in total. The van der Waals surface area contributed by atoms with E-state index in [1.165, 1.54) is 6.07 Å². The fraction of sp³-hybridized carbons (Fsp3) is 0. The zero-order valence-electron chi connectivity index (χ0n) is 7.25. The number of hydrogen-bond acceptors (Lipinski definition) is 5. The first-order valence-electron chi connectivity index (χ1n) is 3.86. The van der Waals surface area contributed by atoms with Gasteiger partial charge in [0.1, 0.15) is 0 Å². The summed E-state index contributed by atoms with van der Waals surface area (Å²) in [7, 11) is -4.70. The van der Waals surface area contributed by atoms with E-state index in [9.17, 15) is 12.3 Å². The molecule has 15 heavy (non-hydrogen) atoms. The van der Waals surface area contributed by atoms with Crippen molar-refractivity contribution < 1.29 is 12.3 Å². The number of aromatic nitrogens is 4. The Morgan fingerprint density at radius 2 is 2.13 bits per heavy atom. The van der Waals surface area contributed by atoms with Crippen molar-refractivity contribution in [2.45, 2.75) is 4.90 Å². The molecule has 2 aromatic rings. The Morgan fingerprint density at radius 1 is 1.33 bits per heavy atom. The lowest BCUT2D eigenvalue weighted by Gasteiger charge is -1.96. The Bertz CT molecular complexity index is 566. The molecule has 0 atom stereocenters. The lowest BCUT2D eigenvalue weighted by Crippen LogP contribution is -1.92. The van der Waals surface area contributed by atoms with Crippen molar-refractivity contribution in [1.82, 2.24) is 20.6 Å². The van der Waals surface area contributed by atoms with Gasteiger partial charge in [-0.1, -0.05) is 12.1 Å². The van der Waals surface area contributed by atoms with Crippen LogP contribution in [0.5, 0.6) is 0 Å². The molecule has 78 valence electrons. The summed E-state index contributed by atoms with van der Waals surface area (Å²) in [6.07, 6.45) is 0. The number of H-pyrrole nitrogens is 1. The van der Waals surface area contributed by atoms with E-state index in [0.29, 0.717) is 5.56 Å². The summed E-state index contributed by atoms with van der Waals surface area (Å²) in [4.78, 5) is -0.426. The summed E-state index contributed by atoms with van der Waals surface area (Å²) in [5.74, 6) is 0.209. The maximum atomic E-state index is 12.7. The second-order valence-electron chi connectivity index (χ2n) is 2.70. The van der Waals surface area contributed by atoms with Crippen molar-refractivity contribution in [2.24, 2.45) is 0 Å². The molecule has 0 saturated carbocycles. The monoisotopic (exact) mass is 228 g/mol. The molecule has 0 spiro atoms. The summed E-state index contributed by atoms with van der Waals surface area (Å²) in [6.45, 7) is 0. The van der Waals surface area contributed by atoms with E-state index in [1.807, 2.05) is 0 Å². The summed E-state index contributed by atoms with van der Waals surface area (Å²) < 4.78 is 33.9. The topological polar surface area (TPSA) is 88.6 Å². The maximum absolute atomic E-state index is 12.7. The normalized spacial score (nSPS) is 11.5. The van der Waals surface area contributed by atoms with Gasteiger partial charge in [0, 0.05) is 5.56 Å². The Labute approximate surface area is 84.3 Å². The van der Waals surface area contributed by atoms with E-state index in [0.717, 1.165) is 12.1 Å². The Hall–Kier alpha value is -1.83. The van der Waals surface area contributed by atoms with Crippen LogP contribution in [0.15, 0.2) is 29.2 Å². The number of tetrazole rings is 1. The minimum Gasteiger partial charge on any atom is -0.189 e.